The Bertz CT molecular complexity index is 610. The lowest BCUT2D eigenvalue weighted by Gasteiger charge is -2.41. The zero-order valence-corrected chi connectivity index (χ0v) is 14.2. The van der Waals surface area contributed by atoms with Gasteiger partial charge in [-0.1, -0.05) is 0 Å². The van der Waals surface area contributed by atoms with Crippen molar-refractivity contribution in [3.63, 3.8) is 0 Å². The molecule has 2 fully saturated rings. The van der Waals surface area contributed by atoms with E-state index in [1.54, 1.807) is 0 Å². The summed E-state index contributed by atoms with van der Waals surface area (Å²) in [6.45, 7) is 7.39. The largest absolute Gasteiger partial charge is 0.474 e. The molecule has 0 atom stereocenters. The van der Waals surface area contributed by atoms with Crippen LogP contribution in [0.3, 0.4) is 0 Å². The first-order valence-electron chi connectivity index (χ1n) is 9.02. The van der Waals surface area contributed by atoms with Crippen LogP contribution in [0, 0.1) is 0 Å². The molecule has 1 aromatic heterocycles. The third-order valence-corrected chi connectivity index (χ3v) is 5.37. The quantitative estimate of drug-likeness (QED) is 0.833. The average molecular weight is 331 g/mol. The number of pyridine rings is 1. The van der Waals surface area contributed by atoms with Gasteiger partial charge >= 0.3 is 0 Å². The number of aromatic nitrogens is 1. The Balaban J connectivity index is 1.37. The molecule has 130 valence electrons. The van der Waals surface area contributed by atoms with Gasteiger partial charge in [-0.15, -0.1) is 0 Å². The number of rotatable bonds is 4. The van der Waals surface area contributed by atoms with Crippen LogP contribution in [-0.2, 0) is 11.2 Å². The smallest absolute Gasteiger partial charge is 0.255 e. The van der Waals surface area contributed by atoms with Crippen LogP contribution in [0.5, 0.6) is 5.88 Å². The Kier molecular flexibility index (Phi) is 4.41. The van der Waals surface area contributed by atoms with Gasteiger partial charge in [-0.3, -0.25) is 9.69 Å². The van der Waals surface area contributed by atoms with E-state index >= 15 is 0 Å². The van der Waals surface area contributed by atoms with Crippen LogP contribution in [0.2, 0.25) is 0 Å². The van der Waals surface area contributed by atoms with Gasteiger partial charge in [-0.25, -0.2) is 4.98 Å². The molecular weight excluding hydrogens is 306 g/mol. The number of piperidine rings is 1. The number of ether oxygens (including phenoxy) is 2. The van der Waals surface area contributed by atoms with Crippen LogP contribution >= 0.6 is 0 Å². The van der Waals surface area contributed by atoms with Crippen molar-refractivity contribution in [2.24, 2.45) is 0 Å². The number of carbonyl (C=O) groups excluding carboxylic acids is 1. The fraction of sp³-hybridized carbons (Fsp3) is 0.667. The van der Waals surface area contributed by atoms with Crippen molar-refractivity contribution in [2.75, 3.05) is 39.4 Å². The molecule has 3 aliphatic heterocycles. The van der Waals surface area contributed by atoms with Gasteiger partial charge in [-0.05, 0) is 25.8 Å². The van der Waals surface area contributed by atoms with Crippen LogP contribution in [0.1, 0.15) is 35.8 Å². The molecule has 0 bridgehead atoms. The molecule has 4 rings (SSSR count). The van der Waals surface area contributed by atoms with E-state index in [9.17, 15) is 4.79 Å². The van der Waals surface area contributed by atoms with E-state index in [4.69, 9.17) is 9.47 Å². The molecule has 0 spiro atoms. The van der Waals surface area contributed by atoms with Gasteiger partial charge in [0.15, 0.2) is 0 Å². The van der Waals surface area contributed by atoms with E-state index in [2.05, 4.69) is 9.88 Å². The van der Waals surface area contributed by atoms with E-state index in [-0.39, 0.29) is 12.0 Å². The van der Waals surface area contributed by atoms with E-state index in [0.717, 1.165) is 69.9 Å². The SMILES string of the molecule is CCN1CCc2nc(OC3CCN(C4COC4)CC3)ccc2C1=O. The van der Waals surface area contributed by atoms with Gasteiger partial charge in [0.1, 0.15) is 6.10 Å². The summed E-state index contributed by atoms with van der Waals surface area (Å²) in [5.41, 5.74) is 1.61. The summed E-state index contributed by atoms with van der Waals surface area (Å²) in [6.07, 6.45) is 3.08. The molecule has 24 heavy (non-hydrogen) atoms. The minimum Gasteiger partial charge on any atom is -0.474 e. The zero-order valence-electron chi connectivity index (χ0n) is 14.2. The third kappa shape index (κ3) is 3.00. The monoisotopic (exact) mass is 331 g/mol. The van der Waals surface area contributed by atoms with Gasteiger partial charge < -0.3 is 14.4 Å². The van der Waals surface area contributed by atoms with Crippen molar-refractivity contribution >= 4 is 5.91 Å². The molecule has 0 N–H and O–H groups in total. The van der Waals surface area contributed by atoms with E-state index in [0.29, 0.717) is 11.9 Å². The normalized spacial score (nSPS) is 23.0. The van der Waals surface area contributed by atoms with Crippen molar-refractivity contribution in [3.8, 4) is 5.88 Å². The van der Waals surface area contributed by atoms with Crippen LogP contribution in [0.4, 0.5) is 0 Å². The topological polar surface area (TPSA) is 54.9 Å². The molecule has 4 heterocycles. The van der Waals surface area contributed by atoms with Crippen molar-refractivity contribution in [3.05, 3.63) is 23.4 Å². The van der Waals surface area contributed by atoms with Gasteiger partial charge in [0.05, 0.1) is 30.5 Å². The number of carbonyl (C=O) groups is 1. The summed E-state index contributed by atoms with van der Waals surface area (Å²) >= 11 is 0. The van der Waals surface area contributed by atoms with Crippen molar-refractivity contribution < 1.29 is 14.3 Å². The second-order valence-corrected chi connectivity index (χ2v) is 6.82. The minimum atomic E-state index is 0.0915. The van der Waals surface area contributed by atoms with Gasteiger partial charge in [0.2, 0.25) is 5.88 Å². The Hall–Kier alpha value is -1.66. The Morgan fingerprint density at radius 2 is 2.04 bits per heavy atom. The molecule has 0 saturated carbocycles. The van der Waals surface area contributed by atoms with Crippen molar-refractivity contribution in [1.82, 2.24) is 14.8 Å². The predicted molar refractivity (Wildman–Crippen MR) is 89.3 cm³/mol. The predicted octanol–water partition coefficient (Wildman–Crippen LogP) is 1.34. The molecule has 0 aliphatic carbocycles. The highest BCUT2D eigenvalue weighted by Crippen LogP contribution is 2.24. The molecule has 0 radical (unpaired) electrons. The number of likely N-dealkylation sites (tertiary alicyclic amines) is 1. The van der Waals surface area contributed by atoms with Crippen LogP contribution in [-0.4, -0.2) is 72.2 Å². The Labute approximate surface area is 142 Å². The molecule has 6 heteroatoms. The fourth-order valence-electron chi connectivity index (χ4n) is 3.71. The average Bonchev–Trinajstić information content (AvgIpc) is 2.55. The zero-order chi connectivity index (χ0) is 16.5. The highest BCUT2D eigenvalue weighted by Gasteiger charge is 2.30. The lowest BCUT2D eigenvalue weighted by molar-refractivity contribution is -0.0780. The Morgan fingerprint density at radius 1 is 1.25 bits per heavy atom. The number of amides is 1. The Morgan fingerprint density at radius 3 is 2.71 bits per heavy atom. The minimum absolute atomic E-state index is 0.0915. The number of hydrogen-bond donors (Lipinski definition) is 0. The second kappa shape index (κ2) is 6.69. The number of nitrogens with zero attached hydrogens (tertiary/aromatic N) is 3. The first-order chi connectivity index (χ1) is 11.7. The molecule has 1 aromatic rings. The second-order valence-electron chi connectivity index (χ2n) is 6.82. The molecule has 1 amide bonds. The number of fused-ring (bicyclic) bond motifs is 1. The summed E-state index contributed by atoms with van der Waals surface area (Å²) in [6, 6.07) is 4.34. The lowest BCUT2D eigenvalue weighted by Crippen LogP contribution is -2.52. The molecule has 0 aromatic carbocycles. The number of likely N-dealkylation sites (N-methyl/N-ethyl adjacent to an activating group) is 1. The van der Waals surface area contributed by atoms with Crippen LogP contribution < -0.4 is 4.74 Å². The first-order valence-corrected chi connectivity index (χ1v) is 9.02. The molecule has 6 nitrogen and oxygen atoms in total. The third-order valence-electron chi connectivity index (χ3n) is 5.37. The van der Waals surface area contributed by atoms with Gasteiger partial charge in [-0.2, -0.15) is 0 Å². The van der Waals surface area contributed by atoms with Crippen LogP contribution in [0.15, 0.2) is 12.1 Å². The fourth-order valence-corrected chi connectivity index (χ4v) is 3.71. The van der Waals surface area contributed by atoms with E-state index in [1.807, 2.05) is 24.0 Å². The molecule has 0 unspecified atom stereocenters. The maximum Gasteiger partial charge on any atom is 0.255 e. The van der Waals surface area contributed by atoms with Crippen molar-refractivity contribution in [1.29, 1.82) is 0 Å². The summed E-state index contributed by atoms with van der Waals surface area (Å²) < 4.78 is 11.4. The summed E-state index contributed by atoms with van der Waals surface area (Å²) in [4.78, 5) is 21.3. The van der Waals surface area contributed by atoms with Gasteiger partial charge in [0.25, 0.3) is 5.91 Å². The summed E-state index contributed by atoms with van der Waals surface area (Å²) in [7, 11) is 0. The van der Waals surface area contributed by atoms with E-state index in [1.165, 1.54) is 0 Å². The molecular formula is C18H25N3O3. The molecule has 2 saturated heterocycles. The standard InChI is InChI=1S/C18H25N3O3/c1-2-20-10-7-16-15(18(20)22)3-4-17(19-16)24-14-5-8-21(9-6-14)13-11-23-12-13/h3-4,13-14H,2,5-12H2,1H3. The van der Waals surface area contributed by atoms with E-state index < -0.39 is 0 Å². The maximum absolute atomic E-state index is 12.3. The van der Waals surface area contributed by atoms with Gasteiger partial charge in [0, 0.05) is 38.7 Å². The summed E-state index contributed by atoms with van der Waals surface area (Å²) in [5.74, 6) is 0.755. The highest BCUT2D eigenvalue weighted by atomic mass is 16.5. The van der Waals surface area contributed by atoms with Crippen molar-refractivity contribution in [2.45, 2.75) is 38.3 Å². The number of hydrogen-bond acceptors (Lipinski definition) is 5. The maximum atomic E-state index is 12.3. The summed E-state index contributed by atoms with van der Waals surface area (Å²) in [5, 5.41) is 0. The van der Waals surface area contributed by atoms with Crippen LogP contribution in [0.25, 0.3) is 0 Å². The molecule has 3 aliphatic rings. The highest BCUT2D eigenvalue weighted by molar-refractivity contribution is 5.96. The lowest BCUT2D eigenvalue weighted by atomic mass is 10.0. The first kappa shape index (κ1) is 15.8.